The molecule has 0 saturated heterocycles. The molecule has 5 aromatic rings. The molecule has 5 rings (SSSR count). The van der Waals surface area contributed by atoms with Crippen LogP contribution in [0.5, 0.6) is 5.75 Å². The van der Waals surface area contributed by atoms with E-state index in [9.17, 15) is 9.50 Å². The number of nitrogens with zero attached hydrogens (tertiary/aromatic N) is 3. The number of phenolic OH excluding ortho intramolecular Hbond substituents is 1. The maximum Gasteiger partial charge on any atom is 0.251 e. The van der Waals surface area contributed by atoms with Crippen LogP contribution in [0.15, 0.2) is 65.1 Å². The van der Waals surface area contributed by atoms with Crippen molar-refractivity contribution in [2.75, 3.05) is 0 Å². The normalized spacial score (nSPS) is 11.3. The van der Waals surface area contributed by atoms with Crippen molar-refractivity contribution in [2.24, 2.45) is 0 Å². The van der Waals surface area contributed by atoms with Crippen LogP contribution in [0, 0.1) is 5.82 Å². The van der Waals surface area contributed by atoms with E-state index >= 15 is 0 Å². The SMILES string of the molecule is Oc1c(-c2nnc(Cc3ccccc3)o2)cc(Cl)c2[nH]c(Cc3ccc(F)cc3)nc12. The van der Waals surface area contributed by atoms with Gasteiger partial charge < -0.3 is 14.5 Å². The van der Waals surface area contributed by atoms with Crippen molar-refractivity contribution in [3.63, 3.8) is 0 Å². The third-order valence-electron chi connectivity index (χ3n) is 4.92. The van der Waals surface area contributed by atoms with E-state index in [4.69, 9.17) is 16.0 Å². The van der Waals surface area contributed by atoms with Gasteiger partial charge in [-0.15, -0.1) is 10.2 Å². The topological polar surface area (TPSA) is 87.8 Å². The standard InChI is InChI=1S/C23H16ClFN4O2/c24-17-12-16(23-29-28-19(31-23)11-13-4-2-1-3-5-13)22(30)21-20(17)26-18(27-21)10-14-6-8-15(25)9-7-14/h1-9,12,30H,10-11H2,(H,26,27). The van der Waals surface area contributed by atoms with Crippen LogP contribution >= 0.6 is 11.6 Å². The minimum atomic E-state index is -0.301. The van der Waals surface area contributed by atoms with Gasteiger partial charge in [-0.25, -0.2) is 9.37 Å². The Morgan fingerprint density at radius 1 is 0.968 bits per heavy atom. The molecule has 2 N–H and O–H groups in total. The predicted molar refractivity (Wildman–Crippen MR) is 115 cm³/mol. The lowest BCUT2D eigenvalue weighted by Crippen LogP contribution is -1.90. The second kappa shape index (κ2) is 7.85. The molecule has 154 valence electrons. The fourth-order valence-corrected chi connectivity index (χ4v) is 3.65. The Kier molecular flexibility index (Phi) is 4.88. The number of hydrogen-bond donors (Lipinski definition) is 2. The van der Waals surface area contributed by atoms with E-state index in [1.54, 1.807) is 18.2 Å². The Bertz CT molecular complexity index is 1360. The van der Waals surface area contributed by atoms with Gasteiger partial charge in [-0.2, -0.15) is 0 Å². The van der Waals surface area contributed by atoms with Crippen LogP contribution in [-0.4, -0.2) is 25.3 Å². The van der Waals surface area contributed by atoms with E-state index in [-0.39, 0.29) is 17.5 Å². The first-order valence-corrected chi connectivity index (χ1v) is 9.96. The maximum atomic E-state index is 13.1. The highest BCUT2D eigenvalue weighted by Crippen LogP contribution is 2.38. The minimum absolute atomic E-state index is 0.101. The number of aromatic hydroxyl groups is 1. The summed E-state index contributed by atoms with van der Waals surface area (Å²) in [6, 6.07) is 17.5. The van der Waals surface area contributed by atoms with Gasteiger partial charge >= 0.3 is 0 Å². The number of phenols is 1. The van der Waals surface area contributed by atoms with Crippen LogP contribution in [-0.2, 0) is 12.8 Å². The molecule has 6 nitrogen and oxygen atoms in total. The number of aromatic nitrogens is 4. The van der Waals surface area contributed by atoms with Gasteiger partial charge in [0.05, 0.1) is 22.5 Å². The smallest absolute Gasteiger partial charge is 0.251 e. The number of rotatable bonds is 5. The van der Waals surface area contributed by atoms with E-state index in [0.717, 1.165) is 11.1 Å². The molecule has 0 bridgehead atoms. The molecule has 0 aliphatic rings. The Hall–Kier alpha value is -3.71. The molecule has 2 heterocycles. The number of nitrogens with one attached hydrogen (secondary N) is 1. The molecular weight excluding hydrogens is 419 g/mol. The minimum Gasteiger partial charge on any atom is -0.505 e. The summed E-state index contributed by atoms with van der Waals surface area (Å²) in [7, 11) is 0. The van der Waals surface area contributed by atoms with Gasteiger partial charge in [-0.1, -0.05) is 54.1 Å². The first kappa shape index (κ1) is 19.3. The molecule has 0 fully saturated rings. The summed E-state index contributed by atoms with van der Waals surface area (Å²) in [6.45, 7) is 0. The summed E-state index contributed by atoms with van der Waals surface area (Å²) in [5.41, 5.74) is 3.03. The van der Waals surface area contributed by atoms with Crippen molar-refractivity contribution >= 4 is 22.6 Å². The molecule has 31 heavy (non-hydrogen) atoms. The van der Waals surface area contributed by atoms with E-state index in [1.165, 1.54) is 12.1 Å². The van der Waals surface area contributed by atoms with Crippen LogP contribution in [0.2, 0.25) is 5.02 Å². The molecule has 0 amide bonds. The van der Waals surface area contributed by atoms with Crippen LogP contribution in [0.3, 0.4) is 0 Å². The summed E-state index contributed by atoms with van der Waals surface area (Å²) in [4.78, 5) is 7.60. The highest BCUT2D eigenvalue weighted by atomic mass is 35.5. The molecule has 8 heteroatoms. The maximum absolute atomic E-state index is 13.1. The average Bonchev–Trinajstić information content (AvgIpc) is 3.41. The van der Waals surface area contributed by atoms with Crippen LogP contribution in [0.1, 0.15) is 22.8 Å². The highest BCUT2D eigenvalue weighted by Gasteiger charge is 2.20. The Balaban J connectivity index is 1.47. The number of hydrogen-bond acceptors (Lipinski definition) is 5. The largest absolute Gasteiger partial charge is 0.505 e. The van der Waals surface area contributed by atoms with Gasteiger partial charge in [0.2, 0.25) is 5.89 Å². The second-order valence-electron chi connectivity index (χ2n) is 7.13. The van der Waals surface area contributed by atoms with E-state index in [0.29, 0.717) is 46.2 Å². The van der Waals surface area contributed by atoms with E-state index in [2.05, 4.69) is 20.2 Å². The molecule has 0 saturated carbocycles. The number of H-pyrrole nitrogens is 1. The first-order chi connectivity index (χ1) is 15.1. The Morgan fingerprint density at radius 3 is 2.48 bits per heavy atom. The molecule has 0 radical (unpaired) electrons. The van der Waals surface area contributed by atoms with Gasteiger partial charge in [0.15, 0.2) is 5.75 Å². The van der Waals surface area contributed by atoms with Crippen LogP contribution < -0.4 is 0 Å². The molecule has 0 aliphatic carbocycles. The third kappa shape index (κ3) is 3.87. The summed E-state index contributed by atoms with van der Waals surface area (Å²) in [5, 5.41) is 19.3. The number of aromatic amines is 1. The molecular formula is C23H16ClFN4O2. The van der Waals surface area contributed by atoms with Gasteiger partial charge in [-0.05, 0) is 29.3 Å². The van der Waals surface area contributed by atoms with Gasteiger partial charge in [0, 0.05) is 6.42 Å². The molecule has 3 aromatic carbocycles. The molecule has 0 spiro atoms. The predicted octanol–water partition coefficient (Wildman–Crippen LogP) is 5.29. The van der Waals surface area contributed by atoms with Crippen molar-refractivity contribution < 1.29 is 13.9 Å². The molecule has 0 aliphatic heterocycles. The summed E-state index contributed by atoms with van der Waals surface area (Å²) in [5.74, 6) is 0.776. The summed E-state index contributed by atoms with van der Waals surface area (Å²) in [6.07, 6.45) is 0.913. The monoisotopic (exact) mass is 434 g/mol. The number of imidazole rings is 1. The third-order valence-corrected chi connectivity index (χ3v) is 5.22. The van der Waals surface area contributed by atoms with Gasteiger partial charge in [0.25, 0.3) is 5.89 Å². The fraction of sp³-hybridized carbons (Fsp3) is 0.0870. The second-order valence-corrected chi connectivity index (χ2v) is 7.54. The zero-order chi connectivity index (χ0) is 21.4. The highest BCUT2D eigenvalue weighted by molar-refractivity contribution is 6.35. The Morgan fingerprint density at radius 2 is 1.71 bits per heavy atom. The first-order valence-electron chi connectivity index (χ1n) is 9.58. The number of halogens is 2. The lowest BCUT2D eigenvalue weighted by atomic mass is 10.1. The fourth-order valence-electron chi connectivity index (χ4n) is 3.41. The average molecular weight is 435 g/mol. The van der Waals surface area contributed by atoms with Gasteiger partial charge in [0.1, 0.15) is 17.2 Å². The summed E-state index contributed by atoms with van der Waals surface area (Å²) < 4.78 is 18.9. The van der Waals surface area contributed by atoms with Crippen molar-refractivity contribution in [3.05, 3.63) is 94.3 Å². The zero-order valence-electron chi connectivity index (χ0n) is 16.1. The quantitative estimate of drug-likeness (QED) is 0.392. The Labute approximate surface area is 181 Å². The zero-order valence-corrected chi connectivity index (χ0v) is 16.9. The van der Waals surface area contributed by atoms with Gasteiger partial charge in [-0.3, -0.25) is 0 Å². The van der Waals surface area contributed by atoms with Crippen LogP contribution in [0.25, 0.3) is 22.5 Å². The van der Waals surface area contributed by atoms with Crippen molar-refractivity contribution in [2.45, 2.75) is 12.8 Å². The van der Waals surface area contributed by atoms with Crippen LogP contribution in [0.4, 0.5) is 4.39 Å². The lowest BCUT2D eigenvalue weighted by Gasteiger charge is -2.02. The van der Waals surface area contributed by atoms with E-state index in [1.807, 2.05) is 30.3 Å². The van der Waals surface area contributed by atoms with Crippen molar-refractivity contribution in [3.8, 4) is 17.2 Å². The molecule has 0 atom stereocenters. The molecule has 2 aromatic heterocycles. The number of benzene rings is 3. The van der Waals surface area contributed by atoms with Crippen molar-refractivity contribution in [1.29, 1.82) is 0 Å². The van der Waals surface area contributed by atoms with E-state index < -0.39 is 0 Å². The molecule has 0 unspecified atom stereocenters. The van der Waals surface area contributed by atoms with Crippen molar-refractivity contribution in [1.82, 2.24) is 20.2 Å². The number of fused-ring (bicyclic) bond motifs is 1. The summed E-state index contributed by atoms with van der Waals surface area (Å²) >= 11 is 6.44. The lowest BCUT2D eigenvalue weighted by molar-refractivity contribution is 0.474.